The standard InChI is InChI=1S/C17H27N3O3/c1-19(2)16(21)18-15-13-23-10-6-17(15)4-7-20(8-5-17)11-14-3-9-22-12-14/h3,9,12,15H,4-8,10-11,13H2,1-2H3,(H,18,21)/t15-/m0/s1. The van der Waals surface area contributed by atoms with Crippen LogP contribution in [0.2, 0.25) is 0 Å². The summed E-state index contributed by atoms with van der Waals surface area (Å²) in [6.07, 6.45) is 6.79. The third-order valence-electron chi connectivity index (χ3n) is 5.31. The lowest BCUT2D eigenvalue weighted by Crippen LogP contribution is -2.58. The van der Waals surface area contributed by atoms with Gasteiger partial charge in [0.2, 0.25) is 0 Å². The third kappa shape index (κ3) is 3.70. The molecule has 0 aliphatic carbocycles. The summed E-state index contributed by atoms with van der Waals surface area (Å²) in [7, 11) is 3.55. The number of piperidine rings is 1. The number of ether oxygens (including phenoxy) is 1. The number of rotatable bonds is 3. The molecule has 0 unspecified atom stereocenters. The number of nitrogens with zero attached hydrogens (tertiary/aromatic N) is 2. The lowest BCUT2D eigenvalue weighted by molar-refractivity contribution is -0.0484. The molecule has 2 fully saturated rings. The van der Waals surface area contributed by atoms with Crippen molar-refractivity contribution in [3.63, 3.8) is 0 Å². The topological polar surface area (TPSA) is 58.0 Å². The fourth-order valence-corrected chi connectivity index (χ4v) is 3.70. The first-order valence-corrected chi connectivity index (χ1v) is 8.38. The van der Waals surface area contributed by atoms with Gasteiger partial charge in [-0.25, -0.2) is 4.79 Å². The molecule has 2 saturated heterocycles. The zero-order valence-corrected chi connectivity index (χ0v) is 14.1. The molecular formula is C17H27N3O3. The van der Waals surface area contributed by atoms with E-state index < -0.39 is 0 Å². The maximum atomic E-state index is 12.1. The van der Waals surface area contributed by atoms with Crippen LogP contribution in [0, 0.1) is 5.41 Å². The summed E-state index contributed by atoms with van der Waals surface area (Å²) in [4.78, 5) is 16.1. The van der Waals surface area contributed by atoms with E-state index in [0.717, 1.165) is 45.5 Å². The number of amides is 2. The van der Waals surface area contributed by atoms with Crippen LogP contribution >= 0.6 is 0 Å². The van der Waals surface area contributed by atoms with E-state index in [2.05, 4.69) is 10.2 Å². The Bertz CT molecular complexity index is 507. The van der Waals surface area contributed by atoms with Crippen molar-refractivity contribution in [3.8, 4) is 0 Å². The molecule has 0 radical (unpaired) electrons. The first kappa shape index (κ1) is 16.3. The molecule has 0 saturated carbocycles. The Balaban J connectivity index is 1.60. The molecule has 2 aliphatic rings. The van der Waals surface area contributed by atoms with Gasteiger partial charge in [-0.3, -0.25) is 4.90 Å². The Morgan fingerprint density at radius 3 is 2.83 bits per heavy atom. The SMILES string of the molecule is CN(C)C(=O)N[C@H]1COCCC12CCN(Cc1ccoc1)CC2. The normalized spacial score (nSPS) is 24.5. The van der Waals surface area contributed by atoms with Crippen molar-refractivity contribution < 1.29 is 13.9 Å². The van der Waals surface area contributed by atoms with E-state index in [1.54, 1.807) is 25.3 Å². The lowest BCUT2D eigenvalue weighted by Gasteiger charge is -2.49. The van der Waals surface area contributed by atoms with Gasteiger partial charge in [-0.05, 0) is 43.8 Å². The Morgan fingerprint density at radius 1 is 1.39 bits per heavy atom. The molecule has 23 heavy (non-hydrogen) atoms. The highest BCUT2D eigenvalue weighted by Crippen LogP contribution is 2.41. The largest absolute Gasteiger partial charge is 0.472 e. The maximum Gasteiger partial charge on any atom is 0.317 e. The number of nitrogens with one attached hydrogen (secondary N) is 1. The minimum Gasteiger partial charge on any atom is -0.472 e. The smallest absolute Gasteiger partial charge is 0.317 e. The highest BCUT2D eigenvalue weighted by Gasteiger charge is 2.44. The first-order valence-electron chi connectivity index (χ1n) is 8.38. The fraction of sp³-hybridized carbons (Fsp3) is 0.706. The predicted molar refractivity (Wildman–Crippen MR) is 87.1 cm³/mol. The van der Waals surface area contributed by atoms with Gasteiger partial charge in [-0.15, -0.1) is 0 Å². The number of urea groups is 1. The molecule has 1 N–H and O–H groups in total. The molecule has 1 aromatic rings. The number of furan rings is 1. The van der Waals surface area contributed by atoms with Crippen LogP contribution in [0.15, 0.2) is 23.0 Å². The van der Waals surface area contributed by atoms with Crippen LogP contribution in [0.4, 0.5) is 4.79 Å². The molecule has 1 spiro atoms. The van der Waals surface area contributed by atoms with Crippen LogP contribution in [-0.4, -0.2) is 62.3 Å². The molecule has 1 atom stereocenters. The van der Waals surface area contributed by atoms with Gasteiger partial charge in [0.1, 0.15) is 0 Å². The van der Waals surface area contributed by atoms with E-state index >= 15 is 0 Å². The maximum absolute atomic E-state index is 12.1. The molecule has 128 valence electrons. The minimum atomic E-state index is -0.0271. The van der Waals surface area contributed by atoms with Crippen LogP contribution in [0.3, 0.4) is 0 Å². The Hall–Kier alpha value is -1.53. The van der Waals surface area contributed by atoms with E-state index in [9.17, 15) is 4.79 Å². The average Bonchev–Trinajstić information content (AvgIpc) is 3.05. The number of hydrogen-bond acceptors (Lipinski definition) is 4. The van der Waals surface area contributed by atoms with Crippen molar-refractivity contribution >= 4 is 6.03 Å². The van der Waals surface area contributed by atoms with Crippen molar-refractivity contribution in [1.82, 2.24) is 15.1 Å². The average molecular weight is 321 g/mol. The molecule has 1 aromatic heterocycles. The van der Waals surface area contributed by atoms with E-state index in [0.29, 0.717) is 6.61 Å². The van der Waals surface area contributed by atoms with Gasteiger partial charge in [0.05, 0.1) is 25.2 Å². The molecular weight excluding hydrogens is 294 g/mol. The zero-order valence-electron chi connectivity index (χ0n) is 14.1. The van der Waals surface area contributed by atoms with Gasteiger partial charge in [-0.2, -0.15) is 0 Å². The van der Waals surface area contributed by atoms with Crippen molar-refractivity contribution in [3.05, 3.63) is 24.2 Å². The molecule has 3 rings (SSSR count). The van der Waals surface area contributed by atoms with Crippen molar-refractivity contribution in [2.24, 2.45) is 5.41 Å². The van der Waals surface area contributed by atoms with Gasteiger partial charge in [-0.1, -0.05) is 0 Å². The van der Waals surface area contributed by atoms with Crippen LogP contribution in [-0.2, 0) is 11.3 Å². The summed E-state index contributed by atoms with van der Waals surface area (Å²) < 4.78 is 10.8. The molecule has 6 heteroatoms. The van der Waals surface area contributed by atoms with Crippen molar-refractivity contribution in [2.45, 2.75) is 31.8 Å². The lowest BCUT2D eigenvalue weighted by atomic mass is 9.69. The van der Waals surface area contributed by atoms with E-state index in [-0.39, 0.29) is 17.5 Å². The van der Waals surface area contributed by atoms with Crippen LogP contribution in [0.25, 0.3) is 0 Å². The second-order valence-corrected chi connectivity index (χ2v) is 6.99. The molecule has 0 aromatic carbocycles. The van der Waals surface area contributed by atoms with Gasteiger partial charge >= 0.3 is 6.03 Å². The van der Waals surface area contributed by atoms with Gasteiger partial charge < -0.3 is 19.4 Å². The number of likely N-dealkylation sites (tertiary alicyclic amines) is 1. The predicted octanol–water partition coefficient (Wildman–Crippen LogP) is 1.92. The second-order valence-electron chi connectivity index (χ2n) is 6.99. The zero-order chi connectivity index (χ0) is 16.3. The molecule has 6 nitrogen and oxygen atoms in total. The highest BCUT2D eigenvalue weighted by atomic mass is 16.5. The fourth-order valence-electron chi connectivity index (χ4n) is 3.70. The van der Waals surface area contributed by atoms with Crippen LogP contribution in [0.1, 0.15) is 24.8 Å². The van der Waals surface area contributed by atoms with Crippen molar-refractivity contribution in [1.29, 1.82) is 0 Å². The number of hydrogen-bond donors (Lipinski definition) is 1. The number of carbonyl (C=O) groups excluding carboxylic acids is 1. The number of carbonyl (C=O) groups is 1. The van der Waals surface area contributed by atoms with Gasteiger partial charge in [0.15, 0.2) is 0 Å². The van der Waals surface area contributed by atoms with E-state index in [4.69, 9.17) is 9.15 Å². The Morgan fingerprint density at radius 2 is 2.17 bits per heavy atom. The summed E-state index contributed by atoms with van der Waals surface area (Å²) in [6, 6.07) is 2.11. The third-order valence-corrected chi connectivity index (χ3v) is 5.31. The molecule has 2 amide bonds. The quantitative estimate of drug-likeness (QED) is 0.924. The van der Waals surface area contributed by atoms with E-state index in [1.165, 1.54) is 5.56 Å². The van der Waals surface area contributed by atoms with Crippen LogP contribution in [0.5, 0.6) is 0 Å². The molecule has 2 aliphatic heterocycles. The van der Waals surface area contributed by atoms with Gasteiger partial charge in [0.25, 0.3) is 0 Å². The van der Waals surface area contributed by atoms with E-state index in [1.807, 2.05) is 12.3 Å². The highest BCUT2D eigenvalue weighted by molar-refractivity contribution is 5.74. The minimum absolute atomic E-state index is 0.0271. The van der Waals surface area contributed by atoms with Crippen molar-refractivity contribution in [2.75, 3.05) is 40.4 Å². The molecule has 0 bridgehead atoms. The second kappa shape index (κ2) is 6.93. The van der Waals surface area contributed by atoms with Gasteiger partial charge in [0, 0.05) is 32.8 Å². The summed E-state index contributed by atoms with van der Waals surface area (Å²) in [6.45, 7) is 4.48. The Kier molecular flexibility index (Phi) is 4.92. The monoisotopic (exact) mass is 321 g/mol. The summed E-state index contributed by atoms with van der Waals surface area (Å²) in [5.41, 5.74) is 1.40. The molecule has 3 heterocycles. The summed E-state index contributed by atoms with van der Waals surface area (Å²) in [5, 5.41) is 3.17. The van der Waals surface area contributed by atoms with Crippen LogP contribution < -0.4 is 5.32 Å². The summed E-state index contributed by atoms with van der Waals surface area (Å²) in [5.74, 6) is 0. The summed E-state index contributed by atoms with van der Waals surface area (Å²) >= 11 is 0. The Labute approximate surface area is 137 Å². The first-order chi connectivity index (χ1) is 11.1.